The zero-order chi connectivity index (χ0) is 18.5. The average Bonchev–Trinajstić information content (AvgIpc) is 2.55. The van der Waals surface area contributed by atoms with Crippen LogP contribution in [0.3, 0.4) is 0 Å². The van der Waals surface area contributed by atoms with Gasteiger partial charge in [-0.25, -0.2) is 19.2 Å². The summed E-state index contributed by atoms with van der Waals surface area (Å²) in [6, 6.07) is 0. The predicted molar refractivity (Wildman–Crippen MR) is 88.7 cm³/mol. The molecule has 0 saturated carbocycles. The van der Waals surface area contributed by atoms with E-state index < -0.39 is 23.9 Å². The molecular formula is C18H24O6. The van der Waals surface area contributed by atoms with Crippen molar-refractivity contribution in [1.29, 1.82) is 0 Å². The maximum atomic E-state index is 11.5. The Labute approximate surface area is 142 Å². The SMILES string of the molecule is C=C(CCCC)C(=O)OC(=O)/C=C\C(=O)OC(=O)C(=C)CCCC. The third-order valence-corrected chi connectivity index (χ3v) is 2.98. The molecule has 0 heterocycles. The van der Waals surface area contributed by atoms with Gasteiger partial charge in [0.15, 0.2) is 0 Å². The van der Waals surface area contributed by atoms with E-state index in [2.05, 4.69) is 22.6 Å². The van der Waals surface area contributed by atoms with Gasteiger partial charge in [-0.2, -0.15) is 0 Å². The van der Waals surface area contributed by atoms with Gasteiger partial charge >= 0.3 is 23.9 Å². The minimum atomic E-state index is -1.04. The number of unbranched alkanes of at least 4 members (excludes halogenated alkanes) is 2. The van der Waals surface area contributed by atoms with Gasteiger partial charge in [-0.15, -0.1) is 0 Å². The van der Waals surface area contributed by atoms with Crippen LogP contribution in [0.15, 0.2) is 36.5 Å². The number of carbonyl (C=O) groups excluding carboxylic acids is 4. The quantitative estimate of drug-likeness (QED) is 0.346. The van der Waals surface area contributed by atoms with Gasteiger partial charge in [0.25, 0.3) is 0 Å². The fourth-order valence-corrected chi connectivity index (χ4v) is 1.52. The van der Waals surface area contributed by atoms with Crippen LogP contribution in [-0.2, 0) is 28.7 Å². The lowest BCUT2D eigenvalue weighted by molar-refractivity contribution is -0.156. The summed E-state index contributed by atoms with van der Waals surface area (Å²) in [4.78, 5) is 45.9. The minimum absolute atomic E-state index is 0.184. The van der Waals surface area contributed by atoms with E-state index in [1.807, 2.05) is 13.8 Å². The molecule has 0 aromatic rings. The standard InChI is InChI=1S/C18H24O6/c1-5-7-9-13(3)17(21)23-15(19)11-12-16(20)24-18(22)14(4)10-8-6-2/h11-12H,3-10H2,1-2H3/b12-11-. The molecule has 0 atom stereocenters. The van der Waals surface area contributed by atoms with Crippen LogP contribution >= 0.6 is 0 Å². The van der Waals surface area contributed by atoms with Crippen LogP contribution < -0.4 is 0 Å². The van der Waals surface area contributed by atoms with Gasteiger partial charge in [0.05, 0.1) is 0 Å². The van der Waals surface area contributed by atoms with E-state index in [0.29, 0.717) is 12.8 Å². The van der Waals surface area contributed by atoms with Gasteiger partial charge in [0, 0.05) is 23.3 Å². The predicted octanol–water partition coefficient (Wildman–Crippen LogP) is 3.18. The van der Waals surface area contributed by atoms with Gasteiger partial charge in [-0.05, 0) is 25.7 Å². The van der Waals surface area contributed by atoms with E-state index in [4.69, 9.17) is 0 Å². The Bertz CT molecular complexity index is 494. The monoisotopic (exact) mass is 336 g/mol. The molecular weight excluding hydrogens is 312 g/mol. The normalized spacial score (nSPS) is 10.2. The highest BCUT2D eigenvalue weighted by molar-refractivity contribution is 6.03. The highest BCUT2D eigenvalue weighted by Gasteiger charge is 2.14. The number of rotatable bonds is 10. The second-order valence-electron chi connectivity index (χ2n) is 5.16. The molecule has 0 aliphatic heterocycles. The van der Waals surface area contributed by atoms with Crippen LogP contribution in [0.1, 0.15) is 52.4 Å². The Morgan fingerprint density at radius 1 is 0.750 bits per heavy atom. The molecule has 0 amide bonds. The van der Waals surface area contributed by atoms with Crippen molar-refractivity contribution < 1.29 is 28.7 Å². The van der Waals surface area contributed by atoms with Crippen LogP contribution in [0.25, 0.3) is 0 Å². The molecule has 0 spiro atoms. The summed E-state index contributed by atoms with van der Waals surface area (Å²) in [7, 11) is 0. The highest BCUT2D eigenvalue weighted by atomic mass is 16.6. The molecule has 132 valence electrons. The number of esters is 4. The minimum Gasteiger partial charge on any atom is -0.386 e. The maximum Gasteiger partial charge on any atom is 0.341 e. The van der Waals surface area contributed by atoms with Crippen molar-refractivity contribution >= 4 is 23.9 Å². The van der Waals surface area contributed by atoms with Gasteiger partial charge in [-0.3, -0.25) is 0 Å². The van der Waals surface area contributed by atoms with Crippen molar-refractivity contribution in [3.05, 3.63) is 36.5 Å². The molecule has 0 bridgehead atoms. The molecule has 0 saturated heterocycles. The fourth-order valence-electron chi connectivity index (χ4n) is 1.52. The van der Waals surface area contributed by atoms with E-state index in [9.17, 15) is 19.2 Å². The molecule has 0 unspecified atom stereocenters. The summed E-state index contributed by atoms with van der Waals surface area (Å²) in [5, 5.41) is 0. The summed E-state index contributed by atoms with van der Waals surface area (Å²) >= 11 is 0. The van der Waals surface area contributed by atoms with Crippen molar-refractivity contribution in [3.8, 4) is 0 Å². The van der Waals surface area contributed by atoms with Gasteiger partial charge < -0.3 is 9.47 Å². The first-order chi connectivity index (χ1) is 11.3. The van der Waals surface area contributed by atoms with Crippen LogP contribution in [0.2, 0.25) is 0 Å². The largest absolute Gasteiger partial charge is 0.386 e. The first-order valence-corrected chi connectivity index (χ1v) is 7.87. The molecule has 6 nitrogen and oxygen atoms in total. The van der Waals surface area contributed by atoms with Crippen LogP contribution in [0.4, 0.5) is 0 Å². The summed E-state index contributed by atoms with van der Waals surface area (Å²) in [5.74, 6) is -3.75. The fraction of sp³-hybridized carbons (Fsp3) is 0.444. The smallest absolute Gasteiger partial charge is 0.341 e. The van der Waals surface area contributed by atoms with E-state index >= 15 is 0 Å². The van der Waals surface area contributed by atoms with Gasteiger partial charge in [-0.1, -0.05) is 39.8 Å². The summed E-state index contributed by atoms with van der Waals surface area (Å²) in [6.07, 6.45) is 5.58. The van der Waals surface area contributed by atoms with Crippen molar-refractivity contribution in [3.63, 3.8) is 0 Å². The molecule has 0 aliphatic carbocycles. The molecule has 0 rings (SSSR count). The highest BCUT2D eigenvalue weighted by Crippen LogP contribution is 2.08. The number of hydrogen-bond donors (Lipinski definition) is 0. The number of ether oxygens (including phenoxy) is 2. The van der Waals surface area contributed by atoms with Crippen LogP contribution in [0, 0.1) is 0 Å². The first kappa shape index (κ1) is 21.5. The van der Waals surface area contributed by atoms with Gasteiger partial charge in [0.2, 0.25) is 0 Å². The van der Waals surface area contributed by atoms with E-state index in [0.717, 1.165) is 37.8 Å². The van der Waals surface area contributed by atoms with Crippen LogP contribution in [-0.4, -0.2) is 23.9 Å². The van der Waals surface area contributed by atoms with Gasteiger partial charge in [0.1, 0.15) is 0 Å². The molecule has 0 radical (unpaired) electrons. The summed E-state index contributed by atoms with van der Waals surface area (Å²) in [5.41, 5.74) is 0.368. The first-order valence-electron chi connectivity index (χ1n) is 7.87. The van der Waals surface area contributed by atoms with Crippen molar-refractivity contribution in [2.75, 3.05) is 0 Å². The maximum absolute atomic E-state index is 11.5. The molecule has 0 aromatic carbocycles. The van der Waals surface area contributed by atoms with E-state index in [1.165, 1.54) is 0 Å². The molecule has 0 fully saturated rings. The Kier molecular flexibility index (Phi) is 10.7. The third kappa shape index (κ3) is 9.50. The summed E-state index contributed by atoms with van der Waals surface area (Å²) < 4.78 is 8.98. The topological polar surface area (TPSA) is 86.7 Å². The van der Waals surface area contributed by atoms with E-state index in [-0.39, 0.29) is 11.1 Å². The Balaban J connectivity index is 4.32. The van der Waals surface area contributed by atoms with Crippen molar-refractivity contribution in [2.24, 2.45) is 0 Å². The number of hydrogen-bond acceptors (Lipinski definition) is 6. The third-order valence-electron chi connectivity index (χ3n) is 2.98. The lowest BCUT2D eigenvalue weighted by Gasteiger charge is -2.03. The number of carbonyl (C=O) groups is 4. The zero-order valence-corrected chi connectivity index (χ0v) is 14.3. The van der Waals surface area contributed by atoms with E-state index in [1.54, 1.807) is 0 Å². The lowest BCUT2D eigenvalue weighted by Crippen LogP contribution is -2.14. The Hall–Kier alpha value is -2.50. The zero-order valence-electron chi connectivity index (χ0n) is 14.3. The average molecular weight is 336 g/mol. The van der Waals surface area contributed by atoms with Crippen molar-refractivity contribution in [2.45, 2.75) is 52.4 Å². The summed E-state index contributed by atoms with van der Waals surface area (Å²) in [6.45, 7) is 11.0. The lowest BCUT2D eigenvalue weighted by atomic mass is 10.1. The van der Waals surface area contributed by atoms with Crippen LogP contribution in [0.5, 0.6) is 0 Å². The molecule has 24 heavy (non-hydrogen) atoms. The second kappa shape index (κ2) is 12.0. The molecule has 0 N–H and O–H groups in total. The molecule has 0 aromatic heterocycles. The Morgan fingerprint density at radius 3 is 1.38 bits per heavy atom. The molecule has 0 aliphatic rings. The molecule has 6 heteroatoms. The Morgan fingerprint density at radius 2 is 1.08 bits per heavy atom. The second-order valence-corrected chi connectivity index (χ2v) is 5.16. The van der Waals surface area contributed by atoms with Crippen molar-refractivity contribution in [1.82, 2.24) is 0 Å².